The number of alkyl carbamates (subject to hydrolysis) is 1. The number of benzene rings is 1. The molecular weight excluding hydrogens is 260 g/mol. The third-order valence-electron chi connectivity index (χ3n) is 2.18. The van der Waals surface area contributed by atoms with Gasteiger partial charge in [0.1, 0.15) is 6.61 Å². The first-order chi connectivity index (χ1) is 9.74. The lowest BCUT2D eigenvalue weighted by Crippen LogP contribution is -2.25. The Hall–Kier alpha value is -1.63. The lowest BCUT2D eigenvalue weighted by atomic mass is 10.2. The Labute approximate surface area is 119 Å². The molecule has 0 saturated carbocycles. The Balaban J connectivity index is 0.000000621. The minimum Gasteiger partial charge on any atom is -0.445 e. The van der Waals surface area contributed by atoms with Crippen LogP contribution in [0, 0.1) is 0 Å². The van der Waals surface area contributed by atoms with Crippen LogP contribution >= 0.6 is 0 Å². The zero-order chi connectivity index (χ0) is 15.1. The summed E-state index contributed by atoms with van der Waals surface area (Å²) in [6, 6.07) is 9.47. The van der Waals surface area contributed by atoms with Crippen molar-refractivity contribution in [3.05, 3.63) is 35.9 Å². The third-order valence-corrected chi connectivity index (χ3v) is 2.18. The fourth-order valence-electron chi connectivity index (χ4n) is 1.13. The molecule has 0 aliphatic carbocycles. The number of nitrogens with two attached hydrogens (primary N) is 1. The minimum atomic E-state index is -0.452. The Bertz CT molecular complexity index is 331. The minimum absolute atomic E-state index is 0.0684. The molecule has 6 heteroatoms. The molecule has 0 bridgehead atoms. The van der Waals surface area contributed by atoms with Gasteiger partial charge < -0.3 is 26.0 Å². The van der Waals surface area contributed by atoms with Gasteiger partial charge in [-0.3, -0.25) is 0 Å². The lowest BCUT2D eigenvalue weighted by Gasteiger charge is -2.05. The smallest absolute Gasteiger partial charge is 0.407 e. The van der Waals surface area contributed by atoms with E-state index in [0.29, 0.717) is 19.5 Å². The number of amides is 1. The number of carbonyl (C=O) groups excluding carboxylic acids is 1. The SMILES string of the molecule is NCCCO.O=C(NCCCO)OCc1ccccc1. The van der Waals surface area contributed by atoms with Crippen LogP contribution in [0.5, 0.6) is 0 Å². The Morgan fingerprint density at radius 3 is 2.30 bits per heavy atom. The maximum Gasteiger partial charge on any atom is 0.407 e. The molecule has 0 radical (unpaired) electrons. The fraction of sp³-hybridized carbons (Fsp3) is 0.500. The molecule has 1 rings (SSSR count). The maximum absolute atomic E-state index is 11.1. The van der Waals surface area contributed by atoms with Gasteiger partial charge in [-0.1, -0.05) is 30.3 Å². The molecule has 0 aliphatic heterocycles. The highest BCUT2D eigenvalue weighted by Gasteiger charge is 2.00. The van der Waals surface area contributed by atoms with Gasteiger partial charge in [-0.25, -0.2) is 4.79 Å². The van der Waals surface area contributed by atoms with Crippen molar-refractivity contribution in [2.45, 2.75) is 19.4 Å². The van der Waals surface area contributed by atoms with Gasteiger partial charge in [-0.05, 0) is 24.9 Å². The van der Waals surface area contributed by atoms with Crippen LogP contribution in [-0.2, 0) is 11.3 Å². The Morgan fingerprint density at radius 2 is 1.80 bits per heavy atom. The Morgan fingerprint density at radius 1 is 1.15 bits per heavy atom. The molecule has 0 heterocycles. The van der Waals surface area contributed by atoms with Gasteiger partial charge >= 0.3 is 6.09 Å². The molecule has 0 saturated heterocycles. The molecule has 6 nitrogen and oxygen atoms in total. The van der Waals surface area contributed by atoms with E-state index in [1.807, 2.05) is 30.3 Å². The van der Waals surface area contributed by atoms with E-state index >= 15 is 0 Å². The van der Waals surface area contributed by atoms with Gasteiger partial charge in [0.05, 0.1) is 0 Å². The first-order valence-corrected chi connectivity index (χ1v) is 6.61. The summed E-state index contributed by atoms with van der Waals surface area (Å²) in [5.41, 5.74) is 5.93. The maximum atomic E-state index is 11.1. The first kappa shape index (κ1) is 18.4. The summed E-state index contributed by atoms with van der Waals surface area (Å²) in [5.74, 6) is 0. The standard InChI is InChI=1S/C11H15NO3.C3H9NO/c13-8-4-7-12-11(14)15-9-10-5-2-1-3-6-10;4-2-1-3-5/h1-3,5-6,13H,4,7-9H2,(H,12,14);5H,1-4H2. The second-order valence-corrected chi connectivity index (χ2v) is 3.93. The van der Waals surface area contributed by atoms with Crippen molar-refractivity contribution >= 4 is 6.09 Å². The third kappa shape index (κ3) is 11.5. The van der Waals surface area contributed by atoms with E-state index in [0.717, 1.165) is 12.0 Å². The number of hydrogen-bond acceptors (Lipinski definition) is 5. The highest BCUT2D eigenvalue weighted by atomic mass is 16.5. The van der Waals surface area contributed by atoms with E-state index in [9.17, 15) is 4.79 Å². The highest BCUT2D eigenvalue weighted by molar-refractivity contribution is 5.67. The van der Waals surface area contributed by atoms with Crippen molar-refractivity contribution in [1.82, 2.24) is 5.32 Å². The van der Waals surface area contributed by atoms with Crippen molar-refractivity contribution in [2.24, 2.45) is 5.73 Å². The van der Waals surface area contributed by atoms with Crippen LogP contribution < -0.4 is 11.1 Å². The van der Waals surface area contributed by atoms with Crippen LogP contribution in [0.25, 0.3) is 0 Å². The van der Waals surface area contributed by atoms with Crippen molar-refractivity contribution < 1.29 is 19.7 Å². The molecule has 1 amide bonds. The summed E-state index contributed by atoms with van der Waals surface area (Å²) in [5, 5.41) is 19.0. The van der Waals surface area contributed by atoms with Gasteiger partial charge in [0, 0.05) is 19.8 Å². The quantitative estimate of drug-likeness (QED) is 0.549. The average molecular weight is 284 g/mol. The predicted molar refractivity (Wildman–Crippen MR) is 77.1 cm³/mol. The van der Waals surface area contributed by atoms with E-state index in [4.69, 9.17) is 20.7 Å². The normalized spacial score (nSPS) is 9.35. The predicted octanol–water partition coefficient (Wildman–Crippen LogP) is 0.623. The molecule has 0 atom stereocenters. The van der Waals surface area contributed by atoms with Gasteiger partial charge in [-0.15, -0.1) is 0 Å². The molecule has 114 valence electrons. The highest BCUT2D eigenvalue weighted by Crippen LogP contribution is 2.00. The fourth-order valence-corrected chi connectivity index (χ4v) is 1.13. The van der Waals surface area contributed by atoms with Crippen molar-refractivity contribution in [3.63, 3.8) is 0 Å². The van der Waals surface area contributed by atoms with E-state index < -0.39 is 6.09 Å². The van der Waals surface area contributed by atoms with Crippen LogP contribution in [0.2, 0.25) is 0 Å². The molecule has 1 aromatic rings. The summed E-state index contributed by atoms with van der Waals surface area (Å²) >= 11 is 0. The lowest BCUT2D eigenvalue weighted by molar-refractivity contribution is 0.139. The topological polar surface area (TPSA) is 105 Å². The molecule has 0 unspecified atom stereocenters. The first-order valence-electron chi connectivity index (χ1n) is 6.61. The summed E-state index contributed by atoms with van der Waals surface area (Å²) in [6.45, 7) is 1.59. The van der Waals surface area contributed by atoms with Crippen molar-refractivity contribution in [1.29, 1.82) is 0 Å². The zero-order valence-electron chi connectivity index (χ0n) is 11.6. The van der Waals surface area contributed by atoms with Crippen LogP contribution in [-0.4, -0.2) is 42.6 Å². The Kier molecular flexibility index (Phi) is 12.7. The van der Waals surface area contributed by atoms with E-state index in [1.165, 1.54) is 0 Å². The molecule has 1 aromatic carbocycles. The van der Waals surface area contributed by atoms with Crippen LogP contribution in [0.3, 0.4) is 0 Å². The molecule has 20 heavy (non-hydrogen) atoms. The second kappa shape index (κ2) is 13.8. The molecule has 0 aromatic heterocycles. The number of aliphatic hydroxyl groups excluding tert-OH is 2. The average Bonchev–Trinajstić information content (AvgIpc) is 2.48. The van der Waals surface area contributed by atoms with Crippen LogP contribution in [0.4, 0.5) is 4.79 Å². The number of aliphatic hydroxyl groups is 2. The molecule has 5 N–H and O–H groups in total. The summed E-state index contributed by atoms with van der Waals surface area (Å²) in [6.07, 6.45) is 0.813. The summed E-state index contributed by atoms with van der Waals surface area (Å²) in [4.78, 5) is 11.1. The zero-order valence-corrected chi connectivity index (χ0v) is 11.6. The molecule has 0 spiro atoms. The van der Waals surface area contributed by atoms with Crippen molar-refractivity contribution in [3.8, 4) is 0 Å². The monoisotopic (exact) mass is 284 g/mol. The number of rotatable bonds is 7. The van der Waals surface area contributed by atoms with Gasteiger partial charge in [-0.2, -0.15) is 0 Å². The number of hydrogen-bond donors (Lipinski definition) is 4. The number of ether oxygens (including phenoxy) is 1. The molecule has 0 aliphatic rings. The largest absolute Gasteiger partial charge is 0.445 e. The van der Waals surface area contributed by atoms with E-state index in [2.05, 4.69) is 5.32 Å². The summed E-state index contributed by atoms with van der Waals surface area (Å²) < 4.78 is 4.94. The van der Waals surface area contributed by atoms with Crippen molar-refractivity contribution in [2.75, 3.05) is 26.3 Å². The number of carbonyl (C=O) groups is 1. The van der Waals surface area contributed by atoms with Crippen LogP contribution in [0.15, 0.2) is 30.3 Å². The number of nitrogens with one attached hydrogen (secondary N) is 1. The van der Waals surface area contributed by atoms with Crippen LogP contribution in [0.1, 0.15) is 18.4 Å². The second-order valence-electron chi connectivity index (χ2n) is 3.93. The summed E-state index contributed by atoms with van der Waals surface area (Å²) in [7, 11) is 0. The van der Waals surface area contributed by atoms with E-state index in [1.54, 1.807) is 0 Å². The van der Waals surface area contributed by atoms with E-state index in [-0.39, 0.29) is 19.8 Å². The molecule has 0 fully saturated rings. The van der Waals surface area contributed by atoms with Gasteiger partial charge in [0.15, 0.2) is 0 Å². The van der Waals surface area contributed by atoms with Gasteiger partial charge in [0.25, 0.3) is 0 Å². The molecular formula is C14H24N2O4. The van der Waals surface area contributed by atoms with Gasteiger partial charge in [0.2, 0.25) is 0 Å².